The van der Waals surface area contributed by atoms with Crippen molar-refractivity contribution in [3.63, 3.8) is 0 Å². The number of hydrogen-bond acceptors (Lipinski definition) is 5. The van der Waals surface area contributed by atoms with Crippen molar-refractivity contribution >= 4 is 28.8 Å². The molecule has 0 unspecified atom stereocenters. The van der Waals surface area contributed by atoms with Gasteiger partial charge in [0.2, 0.25) is 0 Å². The number of aryl methyl sites for hydroxylation is 1. The maximum absolute atomic E-state index is 5.96. The summed E-state index contributed by atoms with van der Waals surface area (Å²) >= 11 is 3.38. The number of nitrogens with zero attached hydrogens (tertiary/aromatic N) is 1. The summed E-state index contributed by atoms with van der Waals surface area (Å²) in [5.74, 6) is 1.71. The molecule has 0 aliphatic rings. The van der Waals surface area contributed by atoms with E-state index < -0.39 is 0 Å². The number of rotatable bonds is 5. The zero-order valence-electron chi connectivity index (χ0n) is 10.5. The van der Waals surface area contributed by atoms with E-state index in [9.17, 15) is 0 Å². The number of anilines is 1. The van der Waals surface area contributed by atoms with Crippen molar-refractivity contribution in [3.05, 3.63) is 34.3 Å². The lowest BCUT2D eigenvalue weighted by Crippen LogP contribution is -1.94. The molecule has 2 aromatic rings. The minimum atomic E-state index is 0.666. The predicted octanol–water partition coefficient (Wildman–Crippen LogP) is 3.72. The number of nitrogens with two attached hydrogens (primary N) is 1. The highest BCUT2D eigenvalue weighted by Crippen LogP contribution is 2.32. The monoisotopic (exact) mass is 280 g/mol. The lowest BCUT2D eigenvalue weighted by molar-refractivity contribution is 0.339. The lowest BCUT2D eigenvalue weighted by atomic mass is 10.3. The molecular formula is C13H16N2OS2. The van der Waals surface area contributed by atoms with Crippen molar-refractivity contribution in [3.8, 4) is 5.75 Å². The smallest absolute Gasteiger partial charge is 0.120 e. The van der Waals surface area contributed by atoms with Crippen LogP contribution in [0.1, 0.15) is 17.6 Å². The van der Waals surface area contributed by atoms with Crippen molar-refractivity contribution in [2.45, 2.75) is 24.5 Å². The first-order valence-corrected chi connectivity index (χ1v) is 7.61. The van der Waals surface area contributed by atoms with Crippen LogP contribution in [0.3, 0.4) is 0 Å². The first-order valence-electron chi connectivity index (χ1n) is 5.75. The number of thioether (sulfide) groups is 1. The van der Waals surface area contributed by atoms with Gasteiger partial charge in [-0.2, -0.15) is 0 Å². The number of hydrogen-bond donors (Lipinski definition) is 1. The number of thiazole rings is 1. The molecule has 0 aliphatic heterocycles. The van der Waals surface area contributed by atoms with E-state index in [-0.39, 0.29) is 0 Å². The molecule has 5 heteroatoms. The van der Waals surface area contributed by atoms with Gasteiger partial charge in [0.1, 0.15) is 10.8 Å². The first-order chi connectivity index (χ1) is 8.69. The second kappa shape index (κ2) is 6.11. The molecule has 3 nitrogen and oxygen atoms in total. The molecule has 0 bridgehead atoms. The number of nitrogen functional groups attached to an aromatic ring is 1. The second-order valence-corrected chi connectivity index (χ2v) is 5.76. The highest BCUT2D eigenvalue weighted by atomic mass is 32.2. The fraction of sp³-hybridized carbons (Fsp3) is 0.308. The molecule has 1 aromatic heterocycles. The Balaban J connectivity index is 2.05. The minimum Gasteiger partial charge on any atom is -0.494 e. The van der Waals surface area contributed by atoms with Gasteiger partial charge in [0.25, 0.3) is 0 Å². The lowest BCUT2D eigenvalue weighted by Gasteiger charge is -2.08. The van der Waals surface area contributed by atoms with E-state index in [1.54, 1.807) is 23.1 Å². The molecule has 0 amide bonds. The van der Waals surface area contributed by atoms with E-state index in [0.717, 1.165) is 32.8 Å². The molecule has 0 saturated carbocycles. The molecular weight excluding hydrogens is 264 g/mol. The quantitative estimate of drug-likeness (QED) is 0.670. The Morgan fingerprint density at radius 1 is 1.44 bits per heavy atom. The van der Waals surface area contributed by atoms with Gasteiger partial charge in [-0.15, -0.1) is 23.1 Å². The van der Waals surface area contributed by atoms with Crippen molar-refractivity contribution in [2.75, 3.05) is 12.3 Å². The summed E-state index contributed by atoms with van der Waals surface area (Å²) in [6.45, 7) is 4.65. The van der Waals surface area contributed by atoms with Crippen LogP contribution in [0.4, 0.5) is 5.69 Å². The van der Waals surface area contributed by atoms with Gasteiger partial charge in [-0.25, -0.2) is 4.98 Å². The molecule has 1 aromatic carbocycles. The molecule has 0 radical (unpaired) electrons. The van der Waals surface area contributed by atoms with Gasteiger partial charge >= 0.3 is 0 Å². The SMILES string of the molecule is CCOc1ccc(N)c(SCc2nc(C)cs2)c1. The van der Waals surface area contributed by atoms with Crippen LogP contribution >= 0.6 is 23.1 Å². The Hall–Kier alpha value is -1.20. The van der Waals surface area contributed by atoms with Gasteiger partial charge in [-0.1, -0.05) is 0 Å². The zero-order chi connectivity index (χ0) is 13.0. The molecule has 0 atom stereocenters. The summed E-state index contributed by atoms with van der Waals surface area (Å²) in [7, 11) is 0. The van der Waals surface area contributed by atoms with E-state index in [0.29, 0.717) is 6.61 Å². The molecule has 0 aliphatic carbocycles. The van der Waals surface area contributed by atoms with Crippen LogP contribution in [0.25, 0.3) is 0 Å². The third-order valence-electron chi connectivity index (χ3n) is 2.31. The van der Waals surface area contributed by atoms with Crippen molar-refractivity contribution < 1.29 is 4.74 Å². The molecule has 0 fully saturated rings. The minimum absolute atomic E-state index is 0.666. The summed E-state index contributed by atoms with van der Waals surface area (Å²) < 4.78 is 5.48. The zero-order valence-corrected chi connectivity index (χ0v) is 12.1. The van der Waals surface area contributed by atoms with Gasteiger partial charge in [0.05, 0.1) is 12.4 Å². The number of aromatic nitrogens is 1. The molecule has 18 heavy (non-hydrogen) atoms. The molecule has 2 N–H and O–H groups in total. The molecule has 2 rings (SSSR count). The van der Waals surface area contributed by atoms with Crippen molar-refractivity contribution in [2.24, 2.45) is 0 Å². The van der Waals surface area contributed by atoms with Gasteiger partial charge in [0.15, 0.2) is 0 Å². The van der Waals surface area contributed by atoms with Gasteiger partial charge in [-0.05, 0) is 32.0 Å². The average Bonchev–Trinajstić information content (AvgIpc) is 2.76. The van der Waals surface area contributed by atoms with Crippen LogP contribution in [0.5, 0.6) is 5.75 Å². The second-order valence-electron chi connectivity index (χ2n) is 3.80. The molecule has 0 saturated heterocycles. The number of benzene rings is 1. The highest BCUT2D eigenvalue weighted by molar-refractivity contribution is 7.98. The van der Waals surface area contributed by atoms with E-state index in [1.165, 1.54) is 0 Å². The van der Waals surface area contributed by atoms with Crippen LogP contribution in [-0.2, 0) is 5.75 Å². The third kappa shape index (κ3) is 3.40. The van der Waals surface area contributed by atoms with Crippen molar-refractivity contribution in [1.29, 1.82) is 0 Å². The van der Waals surface area contributed by atoms with Gasteiger partial charge in [0, 0.05) is 21.7 Å². The Bertz CT molecular complexity index is 525. The fourth-order valence-corrected chi connectivity index (χ4v) is 3.29. The van der Waals surface area contributed by atoms with Crippen LogP contribution < -0.4 is 10.5 Å². The largest absolute Gasteiger partial charge is 0.494 e. The molecule has 1 heterocycles. The van der Waals surface area contributed by atoms with Gasteiger partial charge in [-0.3, -0.25) is 0 Å². The summed E-state index contributed by atoms with van der Waals surface area (Å²) in [5, 5.41) is 3.19. The van der Waals surface area contributed by atoms with E-state index in [1.807, 2.05) is 32.0 Å². The molecule has 96 valence electrons. The Morgan fingerprint density at radius 3 is 2.94 bits per heavy atom. The van der Waals surface area contributed by atoms with Crippen molar-refractivity contribution in [1.82, 2.24) is 4.98 Å². The highest BCUT2D eigenvalue weighted by Gasteiger charge is 2.05. The van der Waals surface area contributed by atoms with Crippen LogP contribution in [-0.4, -0.2) is 11.6 Å². The number of ether oxygens (including phenoxy) is 1. The first kappa shape index (κ1) is 13.2. The maximum Gasteiger partial charge on any atom is 0.120 e. The van der Waals surface area contributed by atoms with E-state index in [4.69, 9.17) is 10.5 Å². The summed E-state index contributed by atoms with van der Waals surface area (Å²) in [5.41, 5.74) is 7.83. The topological polar surface area (TPSA) is 48.1 Å². The van der Waals surface area contributed by atoms with Crippen LogP contribution in [0.2, 0.25) is 0 Å². The standard InChI is InChI=1S/C13H16N2OS2/c1-3-16-10-4-5-11(14)12(6-10)17-8-13-15-9(2)7-18-13/h4-7H,3,8,14H2,1-2H3. The van der Waals surface area contributed by atoms with Gasteiger partial charge < -0.3 is 10.5 Å². The summed E-state index contributed by atoms with van der Waals surface area (Å²) in [6.07, 6.45) is 0. The predicted molar refractivity (Wildman–Crippen MR) is 78.4 cm³/mol. The van der Waals surface area contributed by atoms with Crippen LogP contribution in [0, 0.1) is 6.92 Å². The Morgan fingerprint density at radius 2 is 2.28 bits per heavy atom. The third-order valence-corrected chi connectivity index (χ3v) is 4.55. The summed E-state index contributed by atoms with van der Waals surface area (Å²) in [4.78, 5) is 5.49. The average molecular weight is 280 g/mol. The Labute approximate surface area is 115 Å². The normalized spacial score (nSPS) is 10.6. The maximum atomic E-state index is 5.96. The Kier molecular flexibility index (Phi) is 4.49. The molecule has 0 spiro atoms. The van der Waals surface area contributed by atoms with E-state index >= 15 is 0 Å². The summed E-state index contributed by atoms with van der Waals surface area (Å²) in [6, 6.07) is 5.78. The van der Waals surface area contributed by atoms with Crippen LogP contribution in [0.15, 0.2) is 28.5 Å². The van der Waals surface area contributed by atoms with E-state index in [2.05, 4.69) is 10.4 Å². The fourth-order valence-electron chi connectivity index (χ4n) is 1.50.